The van der Waals surface area contributed by atoms with Crippen molar-refractivity contribution in [2.24, 2.45) is 11.7 Å². The number of carbonyl (C=O) groups excluding carboxylic acids is 1. The average Bonchev–Trinajstić information content (AvgIpc) is 2.36. The van der Waals surface area contributed by atoms with Crippen molar-refractivity contribution in [2.45, 2.75) is 39.0 Å². The van der Waals surface area contributed by atoms with Gasteiger partial charge in [-0.05, 0) is 57.8 Å². The molecule has 4 nitrogen and oxygen atoms in total. The summed E-state index contributed by atoms with van der Waals surface area (Å²) in [6.45, 7) is 7.28. The van der Waals surface area contributed by atoms with Crippen molar-refractivity contribution in [3.05, 3.63) is 0 Å². The van der Waals surface area contributed by atoms with Crippen LogP contribution in [0.5, 0.6) is 0 Å². The first-order chi connectivity index (χ1) is 8.26. The van der Waals surface area contributed by atoms with E-state index in [1.54, 1.807) is 0 Å². The zero-order valence-electron chi connectivity index (χ0n) is 11.9. The van der Waals surface area contributed by atoms with E-state index < -0.39 is 0 Å². The van der Waals surface area contributed by atoms with E-state index in [0.29, 0.717) is 18.9 Å². The van der Waals surface area contributed by atoms with Crippen LogP contribution in [0.15, 0.2) is 0 Å². The third-order valence-corrected chi connectivity index (χ3v) is 3.44. The number of hydrogen-bond acceptors (Lipinski definition) is 3. The van der Waals surface area contributed by atoms with Gasteiger partial charge in [0.05, 0.1) is 0 Å². The van der Waals surface area contributed by atoms with Gasteiger partial charge in [-0.3, -0.25) is 4.79 Å². The molecule has 0 aromatic heterocycles. The predicted molar refractivity (Wildman–Crippen MR) is 85.2 cm³/mol. The molecule has 6 heteroatoms. The summed E-state index contributed by atoms with van der Waals surface area (Å²) in [7, 11) is 0. The lowest BCUT2D eigenvalue weighted by molar-refractivity contribution is -0.121. The van der Waals surface area contributed by atoms with Gasteiger partial charge in [-0.1, -0.05) is 6.92 Å². The van der Waals surface area contributed by atoms with E-state index >= 15 is 0 Å². The normalized spacial score (nSPS) is 16.3. The first-order valence-electron chi connectivity index (χ1n) is 6.95. The fourth-order valence-electron chi connectivity index (χ4n) is 2.34. The van der Waals surface area contributed by atoms with E-state index in [2.05, 4.69) is 17.1 Å². The van der Waals surface area contributed by atoms with Crippen LogP contribution in [0.25, 0.3) is 0 Å². The molecule has 0 aromatic rings. The molecule has 1 rings (SSSR count). The van der Waals surface area contributed by atoms with E-state index in [-0.39, 0.29) is 30.7 Å². The second kappa shape index (κ2) is 13.0. The van der Waals surface area contributed by atoms with E-state index in [4.69, 9.17) is 5.73 Å². The Morgan fingerprint density at radius 3 is 2.47 bits per heavy atom. The monoisotopic (exact) mass is 313 g/mol. The molecule has 0 atom stereocenters. The Balaban J connectivity index is 0. The largest absolute Gasteiger partial charge is 0.356 e. The molecular formula is C13H29Cl2N3O. The van der Waals surface area contributed by atoms with Gasteiger partial charge in [-0.2, -0.15) is 0 Å². The quantitative estimate of drug-likeness (QED) is 0.753. The number of rotatable bonds is 7. The molecule has 0 radical (unpaired) electrons. The Kier molecular flexibility index (Phi) is 14.5. The topological polar surface area (TPSA) is 58.4 Å². The summed E-state index contributed by atoms with van der Waals surface area (Å²) in [4.78, 5) is 14.0. The van der Waals surface area contributed by atoms with Crippen LogP contribution in [-0.2, 0) is 4.79 Å². The van der Waals surface area contributed by atoms with E-state index in [0.717, 1.165) is 13.0 Å². The minimum Gasteiger partial charge on any atom is -0.356 e. The minimum absolute atomic E-state index is 0. The molecule has 0 unspecified atom stereocenters. The van der Waals surface area contributed by atoms with Crippen molar-refractivity contribution < 1.29 is 4.79 Å². The molecule has 19 heavy (non-hydrogen) atoms. The van der Waals surface area contributed by atoms with E-state index in [1.807, 2.05) is 0 Å². The predicted octanol–water partition coefficient (Wildman–Crippen LogP) is 1.81. The summed E-state index contributed by atoms with van der Waals surface area (Å²) in [5.74, 6) is 0.830. The number of likely N-dealkylation sites (tertiary alicyclic amines) is 1. The highest BCUT2D eigenvalue weighted by Crippen LogP contribution is 2.16. The lowest BCUT2D eigenvalue weighted by Gasteiger charge is -2.31. The average molecular weight is 314 g/mol. The molecule has 1 amide bonds. The molecule has 1 fully saturated rings. The van der Waals surface area contributed by atoms with Gasteiger partial charge in [0.1, 0.15) is 0 Å². The third-order valence-electron chi connectivity index (χ3n) is 3.44. The molecule has 0 bridgehead atoms. The summed E-state index contributed by atoms with van der Waals surface area (Å²) in [5, 5.41) is 3.02. The highest BCUT2D eigenvalue weighted by molar-refractivity contribution is 5.85. The molecule has 0 saturated carbocycles. The molecule has 1 heterocycles. The van der Waals surface area contributed by atoms with Gasteiger partial charge in [0.2, 0.25) is 5.91 Å². The molecule has 0 spiro atoms. The van der Waals surface area contributed by atoms with Crippen molar-refractivity contribution in [2.75, 3.05) is 32.7 Å². The maximum atomic E-state index is 11.4. The number of carbonyl (C=O) groups is 1. The van der Waals surface area contributed by atoms with Crippen LogP contribution in [0.3, 0.4) is 0 Å². The fourth-order valence-corrected chi connectivity index (χ4v) is 2.34. The fraction of sp³-hybridized carbons (Fsp3) is 0.923. The Morgan fingerprint density at radius 1 is 1.32 bits per heavy atom. The van der Waals surface area contributed by atoms with Gasteiger partial charge in [-0.15, -0.1) is 24.8 Å². The Labute approximate surface area is 129 Å². The third kappa shape index (κ3) is 9.50. The number of piperidine rings is 1. The van der Waals surface area contributed by atoms with Gasteiger partial charge in [0.25, 0.3) is 0 Å². The summed E-state index contributed by atoms with van der Waals surface area (Å²) >= 11 is 0. The van der Waals surface area contributed by atoms with Gasteiger partial charge < -0.3 is 16.0 Å². The summed E-state index contributed by atoms with van der Waals surface area (Å²) < 4.78 is 0. The zero-order valence-corrected chi connectivity index (χ0v) is 13.5. The maximum absolute atomic E-state index is 11.4. The van der Waals surface area contributed by atoms with E-state index in [9.17, 15) is 4.79 Å². The number of amides is 1. The first-order valence-corrected chi connectivity index (χ1v) is 6.95. The van der Waals surface area contributed by atoms with Crippen molar-refractivity contribution in [3.63, 3.8) is 0 Å². The lowest BCUT2D eigenvalue weighted by Crippen LogP contribution is -2.38. The number of nitrogens with two attached hydrogens (primary N) is 1. The number of halogens is 2. The highest BCUT2D eigenvalue weighted by Gasteiger charge is 2.18. The smallest absolute Gasteiger partial charge is 0.220 e. The SMILES string of the molecule is CCCN1CCC(CNC(=O)CCCN)CC1.Cl.Cl. The standard InChI is InChI=1S/C13H27N3O.2ClH/c1-2-8-16-9-5-12(6-10-16)11-15-13(17)4-3-7-14;;/h12H,2-11,14H2,1H3,(H,15,17);2*1H. The number of nitrogens with zero attached hydrogens (tertiary/aromatic N) is 1. The van der Waals surface area contributed by atoms with Gasteiger partial charge in [0.15, 0.2) is 0 Å². The lowest BCUT2D eigenvalue weighted by atomic mass is 9.96. The molecule has 1 saturated heterocycles. The van der Waals surface area contributed by atoms with Crippen molar-refractivity contribution in [3.8, 4) is 0 Å². The van der Waals surface area contributed by atoms with Crippen LogP contribution < -0.4 is 11.1 Å². The summed E-state index contributed by atoms with van der Waals surface area (Å²) in [5.41, 5.74) is 5.37. The highest BCUT2D eigenvalue weighted by atomic mass is 35.5. The van der Waals surface area contributed by atoms with Crippen molar-refractivity contribution in [1.82, 2.24) is 10.2 Å². The molecular weight excluding hydrogens is 285 g/mol. The molecule has 0 aromatic carbocycles. The number of nitrogens with one attached hydrogen (secondary N) is 1. The van der Waals surface area contributed by atoms with Gasteiger partial charge in [-0.25, -0.2) is 0 Å². The van der Waals surface area contributed by atoms with Crippen LogP contribution in [-0.4, -0.2) is 43.5 Å². The van der Waals surface area contributed by atoms with Crippen LogP contribution in [0.1, 0.15) is 39.0 Å². The van der Waals surface area contributed by atoms with Crippen molar-refractivity contribution >= 4 is 30.7 Å². The van der Waals surface area contributed by atoms with Crippen LogP contribution in [0, 0.1) is 5.92 Å². The molecule has 3 N–H and O–H groups in total. The second-order valence-electron chi connectivity index (χ2n) is 4.98. The Hall–Kier alpha value is -0.0300. The van der Waals surface area contributed by atoms with Crippen LogP contribution >= 0.6 is 24.8 Å². The minimum atomic E-state index is 0. The van der Waals surface area contributed by atoms with Crippen LogP contribution in [0.2, 0.25) is 0 Å². The second-order valence-corrected chi connectivity index (χ2v) is 4.98. The van der Waals surface area contributed by atoms with Crippen molar-refractivity contribution in [1.29, 1.82) is 0 Å². The zero-order chi connectivity index (χ0) is 12.5. The molecule has 116 valence electrons. The maximum Gasteiger partial charge on any atom is 0.220 e. The molecule has 1 aliphatic heterocycles. The number of hydrogen-bond donors (Lipinski definition) is 2. The van der Waals surface area contributed by atoms with E-state index in [1.165, 1.54) is 38.9 Å². The molecule has 1 aliphatic rings. The summed E-state index contributed by atoms with van der Waals surface area (Å²) in [6, 6.07) is 0. The Bertz CT molecular complexity index is 222. The first kappa shape index (κ1) is 21.3. The summed E-state index contributed by atoms with van der Waals surface area (Å²) in [6.07, 6.45) is 5.04. The van der Waals surface area contributed by atoms with Gasteiger partial charge >= 0.3 is 0 Å². The Morgan fingerprint density at radius 2 is 1.95 bits per heavy atom. The van der Waals surface area contributed by atoms with Gasteiger partial charge in [0, 0.05) is 13.0 Å². The molecule has 0 aliphatic carbocycles. The van der Waals surface area contributed by atoms with Crippen LogP contribution in [0.4, 0.5) is 0 Å².